The van der Waals surface area contributed by atoms with Crippen LogP contribution in [0.3, 0.4) is 0 Å². The van der Waals surface area contributed by atoms with Crippen LogP contribution in [0, 0.1) is 57.7 Å². The number of carbonyl (C=O) groups excluding carboxylic acids is 2. The number of nitrogens with zero attached hydrogens (tertiary/aromatic N) is 1. The van der Waals surface area contributed by atoms with Crippen molar-refractivity contribution in [1.29, 1.82) is 5.26 Å². The first-order chi connectivity index (χ1) is 11.8. The summed E-state index contributed by atoms with van der Waals surface area (Å²) in [6.07, 6.45) is 8.14. The second-order valence-corrected chi connectivity index (χ2v) is 10.0. The van der Waals surface area contributed by atoms with Crippen molar-refractivity contribution < 1.29 is 9.59 Å². The fourth-order valence-corrected chi connectivity index (χ4v) is 7.97. The number of rotatable bonds is 1. The van der Waals surface area contributed by atoms with Gasteiger partial charge in [0.25, 0.3) is 0 Å². The van der Waals surface area contributed by atoms with Crippen LogP contribution in [0.1, 0.15) is 72.1 Å². The zero-order valence-corrected chi connectivity index (χ0v) is 15.9. The Morgan fingerprint density at radius 1 is 1.12 bits per heavy atom. The summed E-state index contributed by atoms with van der Waals surface area (Å²) >= 11 is 0. The van der Waals surface area contributed by atoms with E-state index < -0.39 is 0 Å². The summed E-state index contributed by atoms with van der Waals surface area (Å²) in [5.74, 6) is 2.93. The molecule has 0 aromatic heterocycles. The number of ketones is 2. The largest absolute Gasteiger partial charge is 0.300 e. The molecule has 4 saturated carbocycles. The molecule has 8 atom stereocenters. The van der Waals surface area contributed by atoms with Crippen LogP contribution in [0.15, 0.2) is 0 Å². The van der Waals surface area contributed by atoms with E-state index in [0.29, 0.717) is 34.9 Å². The van der Waals surface area contributed by atoms with Crippen LogP contribution in [0.2, 0.25) is 0 Å². The summed E-state index contributed by atoms with van der Waals surface area (Å²) in [7, 11) is 0. The Hall–Kier alpha value is -1.17. The van der Waals surface area contributed by atoms with Crippen LogP contribution in [-0.2, 0) is 9.59 Å². The van der Waals surface area contributed by atoms with Gasteiger partial charge in [0.1, 0.15) is 11.6 Å². The standard InChI is InChI=1S/C22H31NO2/c1-13(24)20-14(12-23)10-19-17-5-4-15-11-16(25)6-8-21(15,2)18(17)7-9-22(19,20)3/h14-15,17-20H,4-11H2,1-3H3/t14-,15?,17+,18-,19-,20-,21-,22-/m0/s1. The van der Waals surface area contributed by atoms with Crippen LogP contribution < -0.4 is 0 Å². The summed E-state index contributed by atoms with van der Waals surface area (Å²) in [5.41, 5.74) is 0.315. The van der Waals surface area contributed by atoms with E-state index >= 15 is 0 Å². The topological polar surface area (TPSA) is 57.9 Å². The summed E-state index contributed by atoms with van der Waals surface area (Å²) in [6, 6.07) is 2.48. The lowest BCUT2D eigenvalue weighted by molar-refractivity contribution is -0.143. The van der Waals surface area contributed by atoms with Gasteiger partial charge in [0.05, 0.1) is 12.0 Å². The number of Topliss-reactive ketones (excluding diaryl/α,β-unsaturated/α-hetero) is 2. The Kier molecular flexibility index (Phi) is 3.91. The lowest BCUT2D eigenvalue weighted by atomic mass is 9.44. The maximum absolute atomic E-state index is 12.4. The number of hydrogen-bond acceptors (Lipinski definition) is 3. The molecule has 0 heterocycles. The Labute approximate surface area is 151 Å². The average molecular weight is 341 g/mol. The molecule has 0 aromatic carbocycles. The Morgan fingerprint density at radius 3 is 2.56 bits per heavy atom. The van der Waals surface area contributed by atoms with Gasteiger partial charge < -0.3 is 0 Å². The third-order valence-electron chi connectivity index (χ3n) is 9.14. The molecule has 4 aliphatic carbocycles. The minimum atomic E-state index is -0.0929. The molecule has 0 N–H and O–H groups in total. The molecule has 25 heavy (non-hydrogen) atoms. The van der Waals surface area contributed by atoms with Crippen molar-refractivity contribution in [2.75, 3.05) is 0 Å². The molecule has 0 aliphatic heterocycles. The van der Waals surface area contributed by atoms with Crippen molar-refractivity contribution in [3.63, 3.8) is 0 Å². The van der Waals surface area contributed by atoms with E-state index in [9.17, 15) is 14.9 Å². The first-order valence-corrected chi connectivity index (χ1v) is 10.2. The summed E-state index contributed by atoms with van der Waals surface area (Å²) in [4.78, 5) is 24.4. The Morgan fingerprint density at radius 2 is 1.88 bits per heavy atom. The van der Waals surface area contributed by atoms with Crippen molar-refractivity contribution in [3.8, 4) is 6.07 Å². The van der Waals surface area contributed by atoms with E-state index in [-0.39, 0.29) is 23.0 Å². The van der Waals surface area contributed by atoms with E-state index in [4.69, 9.17) is 0 Å². The van der Waals surface area contributed by atoms with Crippen molar-refractivity contribution in [2.45, 2.75) is 72.1 Å². The molecular weight excluding hydrogens is 310 g/mol. The lowest BCUT2D eigenvalue weighted by Crippen LogP contribution is -2.53. The molecule has 0 radical (unpaired) electrons. The molecule has 4 rings (SSSR count). The maximum Gasteiger partial charge on any atom is 0.134 e. The highest BCUT2D eigenvalue weighted by Crippen LogP contribution is 2.68. The van der Waals surface area contributed by atoms with Crippen molar-refractivity contribution in [3.05, 3.63) is 0 Å². The van der Waals surface area contributed by atoms with Crippen LogP contribution in [0.5, 0.6) is 0 Å². The second-order valence-electron chi connectivity index (χ2n) is 10.0. The molecule has 0 spiro atoms. The highest BCUT2D eigenvalue weighted by molar-refractivity contribution is 5.80. The molecule has 0 saturated heterocycles. The van der Waals surface area contributed by atoms with Gasteiger partial charge in [-0.2, -0.15) is 5.26 Å². The van der Waals surface area contributed by atoms with E-state index in [1.165, 1.54) is 12.8 Å². The SMILES string of the molecule is CC(=O)[C@H]1[C@H](C#N)C[C@H]2[C@@H]3CCC4CC(=O)CC[C@]4(C)[C@H]3CC[C@@]21C. The van der Waals surface area contributed by atoms with Gasteiger partial charge in [-0.15, -0.1) is 0 Å². The highest BCUT2D eigenvalue weighted by atomic mass is 16.1. The van der Waals surface area contributed by atoms with Crippen molar-refractivity contribution >= 4 is 11.6 Å². The van der Waals surface area contributed by atoms with Gasteiger partial charge in [-0.05, 0) is 80.0 Å². The quantitative estimate of drug-likeness (QED) is 0.703. The Balaban J connectivity index is 1.67. The first kappa shape index (κ1) is 17.3. The van der Waals surface area contributed by atoms with Crippen LogP contribution in [0.25, 0.3) is 0 Å². The number of carbonyl (C=O) groups is 2. The van der Waals surface area contributed by atoms with E-state index in [1.54, 1.807) is 6.92 Å². The van der Waals surface area contributed by atoms with Gasteiger partial charge in [-0.3, -0.25) is 9.59 Å². The fraction of sp³-hybridized carbons (Fsp3) is 0.864. The highest BCUT2D eigenvalue weighted by Gasteiger charge is 2.63. The molecule has 136 valence electrons. The van der Waals surface area contributed by atoms with Gasteiger partial charge >= 0.3 is 0 Å². The Bertz CT molecular complexity index is 649. The van der Waals surface area contributed by atoms with Crippen LogP contribution in [0.4, 0.5) is 0 Å². The van der Waals surface area contributed by atoms with Gasteiger partial charge in [0, 0.05) is 18.8 Å². The van der Waals surface area contributed by atoms with E-state index in [2.05, 4.69) is 19.9 Å². The predicted molar refractivity (Wildman–Crippen MR) is 95.4 cm³/mol. The first-order valence-electron chi connectivity index (χ1n) is 10.2. The minimum Gasteiger partial charge on any atom is -0.300 e. The van der Waals surface area contributed by atoms with Crippen LogP contribution >= 0.6 is 0 Å². The third-order valence-corrected chi connectivity index (χ3v) is 9.14. The summed E-state index contributed by atoms with van der Waals surface area (Å²) < 4.78 is 0. The number of nitriles is 1. The fourth-order valence-electron chi connectivity index (χ4n) is 7.97. The zero-order chi connectivity index (χ0) is 18.0. The lowest BCUT2D eigenvalue weighted by Gasteiger charge is -2.60. The zero-order valence-electron chi connectivity index (χ0n) is 15.9. The average Bonchev–Trinajstić information content (AvgIpc) is 2.88. The predicted octanol–water partition coefficient (Wildman–Crippen LogP) is 4.55. The van der Waals surface area contributed by atoms with Crippen LogP contribution in [-0.4, -0.2) is 11.6 Å². The van der Waals surface area contributed by atoms with E-state index in [1.807, 2.05) is 0 Å². The molecule has 3 nitrogen and oxygen atoms in total. The van der Waals surface area contributed by atoms with Gasteiger partial charge in [-0.25, -0.2) is 0 Å². The summed E-state index contributed by atoms with van der Waals surface area (Å²) in [6.45, 7) is 6.44. The van der Waals surface area contributed by atoms with Gasteiger partial charge in [0.15, 0.2) is 0 Å². The second kappa shape index (κ2) is 5.66. The normalized spacial score (nSPS) is 51.8. The minimum absolute atomic E-state index is 0.0150. The molecule has 0 amide bonds. The molecule has 4 aliphatic rings. The number of hydrogen-bond donors (Lipinski definition) is 0. The molecule has 4 fully saturated rings. The summed E-state index contributed by atoms with van der Waals surface area (Å²) in [5, 5.41) is 9.67. The smallest absolute Gasteiger partial charge is 0.134 e. The monoisotopic (exact) mass is 341 g/mol. The van der Waals surface area contributed by atoms with Crippen molar-refractivity contribution in [1.82, 2.24) is 0 Å². The number of fused-ring (bicyclic) bond motifs is 5. The molecule has 0 aromatic rings. The van der Waals surface area contributed by atoms with E-state index in [0.717, 1.165) is 38.5 Å². The molecule has 1 unspecified atom stereocenters. The molecule has 0 bridgehead atoms. The molecule has 3 heteroatoms. The van der Waals surface area contributed by atoms with Gasteiger partial charge in [0.2, 0.25) is 0 Å². The van der Waals surface area contributed by atoms with Gasteiger partial charge in [-0.1, -0.05) is 13.8 Å². The third kappa shape index (κ3) is 2.29. The maximum atomic E-state index is 12.4. The van der Waals surface area contributed by atoms with Crippen molar-refractivity contribution in [2.24, 2.45) is 46.3 Å². The molecular formula is C22H31NO2.